The van der Waals surface area contributed by atoms with Gasteiger partial charge in [-0.15, -0.1) is 0 Å². The van der Waals surface area contributed by atoms with Crippen molar-refractivity contribution in [2.45, 2.75) is 0 Å². The molecule has 2 rings (SSSR count). The van der Waals surface area contributed by atoms with Gasteiger partial charge in [0.15, 0.2) is 0 Å². The van der Waals surface area contributed by atoms with E-state index < -0.39 is 0 Å². The molecule has 98 valence electrons. The van der Waals surface area contributed by atoms with Gasteiger partial charge in [0.25, 0.3) is 5.91 Å². The van der Waals surface area contributed by atoms with Gasteiger partial charge in [0.05, 0.1) is 0 Å². The molecule has 19 heavy (non-hydrogen) atoms. The van der Waals surface area contributed by atoms with Crippen LogP contribution in [0.4, 0.5) is 11.4 Å². The lowest BCUT2D eigenvalue weighted by Crippen LogP contribution is -2.13. The number of amides is 1. The van der Waals surface area contributed by atoms with Gasteiger partial charge < -0.3 is 10.2 Å². The zero-order valence-electron chi connectivity index (χ0n) is 10.9. The topological polar surface area (TPSA) is 32.3 Å². The summed E-state index contributed by atoms with van der Waals surface area (Å²) in [5.74, 6) is -0.168. The molecule has 0 saturated heterocycles. The minimum atomic E-state index is -0.168. The number of anilines is 2. The van der Waals surface area contributed by atoms with Crippen LogP contribution in [0.2, 0.25) is 5.02 Å². The molecule has 0 atom stereocenters. The van der Waals surface area contributed by atoms with E-state index in [2.05, 4.69) is 5.32 Å². The first kappa shape index (κ1) is 13.4. The molecule has 0 aliphatic rings. The number of hydrogen-bond acceptors (Lipinski definition) is 2. The SMILES string of the molecule is CN(C)c1cccc(NC(=O)c2cccc(Cl)c2)c1. The molecule has 0 aliphatic heterocycles. The first-order chi connectivity index (χ1) is 9.06. The Morgan fingerprint density at radius 2 is 1.84 bits per heavy atom. The van der Waals surface area contributed by atoms with Crippen molar-refractivity contribution in [3.8, 4) is 0 Å². The number of rotatable bonds is 3. The van der Waals surface area contributed by atoms with Crippen LogP contribution in [0.3, 0.4) is 0 Å². The molecular formula is C15H15ClN2O. The molecule has 2 aromatic carbocycles. The maximum absolute atomic E-state index is 12.1. The molecule has 0 aliphatic carbocycles. The number of nitrogens with zero attached hydrogens (tertiary/aromatic N) is 1. The van der Waals surface area contributed by atoms with E-state index in [1.165, 1.54) is 0 Å². The van der Waals surface area contributed by atoms with Gasteiger partial charge >= 0.3 is 0 Å². The molecule has 0 fully saturated rings. The number of hydrogen-bond donors (Lipinski definition) is 1. The van der Waals surface area contributed by atoms with E-state index in [1.807, 2.05) is 43.3 Å². The lowest BCUT2D eigenvalue weighted by molar-refractivity contribution is 0.102. The van der Waals surface area contributed by atoms with Crippen molar-refractivity contribution in [1.29, 1.82) is 0 Å². The van der Waals surface area contributed by atoms with Crippen molar-refractivity contribution < 1.29 is 4.79 Å². The van der Waals surface area contributed by atoms with Crippen molar-refractivity contribution in [3.63, 3.8) is 0 Å². The van der Waals surface area contributed by atoms with Crippen molar-refractivity contribution in [3.05, 3.63) is 59.1 Å². The van der Waals surface area contributed by atoms with E-state index in [4.69, 9.17) is 11.6 Å². The summed E-state index contributed by atoms with van der Waals surface area (Å²) in [7, 11) is 3.91. The Labute approximate surface area is 117 Å². The van der Waals surface area contributed by atoms with Crippen LogP contribution in [0, 0.1) is 0 Å². The zero-order valence-corrected chi connectivity index (χ0v) is 11.6. The zero-order chi connectivity index (χ0) is 13.8. The third kappa shape index (κ3) is 3.48. The molecule has 2 aromatic rings. The Balaban J connectivity index is 2.17. The summed E-state index contributed by atoms with van der Waals surface area (Å²) in [6.45, 7) is 0. The van der Waals surface area contributed by atoms with Crippen LogP contribution in [0.1, 0.15) is 10.4 Å². The predicted molar refractivity (Wildman–Crippen MR) is 80.2 cm³/mol. The Kier molecular flexibility index (Phi) is 4.07. The average molecular weight is 275 g/mol. The Morgan fingerprint density at radius 3 is 2.53 bits per heavy atom. The van der Waals surface area contributed by atoms with Gasteiger partial charge in [-0.3, -0.25) is 4.79 Å². The first-order valence-electron chi connectivity index (χ1n) is 5.90. The Morgan fingerprint density at radius 1 is 1.11 bits per heavy atom. The van der Waals surface area contributed by atoms with E-state index in [0.717, 1.165) is 11.4 Å². The second-order valence-electron chi connectivity index (χ2n) is 4.41. The van der Waals surface area contributed by atoms with E-state index >= 15 is 0 Å². The maximum Gasteiger partial charge on any atom is 0.255 e. The van der Waals surface area contributed by atoms with Crippen LogP contribution in [0.25, 0.3) is 0 Å². The number of halogens is 1. The number of carbonyl (C=O) groups is 1. The number of carbonyl (C=O) groups excluding carboxylic acids is 1. The molecule has 0 aromatic heterocycles. The van der Waals surface area contributed by atoms with Crippen LogP contribution < -0.4 is 10.2 Å². The molecule has 1 amide bonds. The molecule has 0 spiro atoms. The average Bonchev–Trinajstić information content (AvgIpc) is 2.39. The lowest BCUT2D eigenvalue weighted by Gasteiger charge is -2.14. The van der Waals surface area contributed by atoms with Crippen molar-refractivity contribution in [2.75, 3.05) is 24.3 Å². The fraction of sp³-hybridized carbons (Fsp3) is 0.133. The highest BCUT2D eigenvalue weighted by atomic mass is 35.5. The lowest BCUT2D eigenvalue weighted by atomic mass is 10.2. The molecule has 1 N–H and O–H groups in total. The summed E-state index contributed by atoms with van der Waals surface area (Å²) in [6.07, 6.45) is 0. The third-order valence-corrected chi connectivity index (χ3v) is 2.94. The van der Waals surface area contributed by atoms with Crippen LogP contribution >= 0.6 is 11.6 Å². The summed E-state index contributed by atoms with van der Waals surface area (Å²) in [6, 6.07) is 14.5. The summed E-state index contributed by atoms with van der Waals surface area (Å²) >= 11 is 5.87. The largest absolute Gasteiger partial charge is 0.378 e. The first-order valence-corrected chi connectivity index (χ1v) is 6.28. The van der Waals surface area contributed by atoms with Gasteiger partial charge in [0.1, 0.15) is 0 Å². The molecule has 0 heterocycles. The van der Waals surface area contributed by atoms with Crippen LogP contribution in [-0.4, -0.2) is 20.0 Å². The maximum atomic E-state index is 12.1. The second kappa shape index (κ2) is 5.76. The van der Waals surface area contributed by atoms with Gasteiger partial charge in [-0.2, -0.15) is 0 Å². The molecule has 0 unspecified atom stereocenters. The standard InChI is InChI=1S/C15H15ClN2O/c1-18(2)14-8-4-7-13(10-14)17-15(19)11-5-3-6-12(16)9-11/h3-10H,1-2H3,(H,17,19). The highest BCUT2D eigenvalue weighted by Gasteiger charge is 2.07. The van der Waals surface area contributed by atoms with Gasteiger partial charge in [-0.05, 0) is 36.4 Å². The Bertz CT molecular complexity index is 596. The van der Waals surface area contributed by atoms with Gasteiger partial charge in [-0.1, -0.05) is 23.7 Å². The summed E-state index contributed by atoms with van der Waals surface area (Å²) in [5, 5.41) is 3.41. The molecule has 4 heteroatoms. The van der Waals surface area contributed by atoms with Gasteiger partial charge in [0.2, 0.25) is 0 Å². The normalized spacial score (nSPS) is 10.1. The van der Waals surface area contributed by atoms with Crippen LogP contribution in [-0.2, 0) is 0 Å². The van der Waals surface area contributed by atoms with Gasteiger partial charge in [-0.25, -0.2) is 0 Å². The predicted octanol–water partition coefficient (Wildman–Crippen LogP) is 3.66. The van der Waals surface area contributed by atoms with Crippen molar-refractivity contribution >= 4 is 28.9 Å². The fourth-order valence-electron chi connectivity index (χ4n) is 1.69. The van der Waals surface area contributed by atoms with Crippen LogP contribution in [0.5, 0.6) is 0 Å². The quantitative estimate of drug-likeness (QED) is 0.926. The number of benzene rings is 2. The highest BCUT2D eigenvalue weighted by molar-refractivity contribution is 6.31. The monoisotopic (exact) mass is 274 g/mol. The van der Waals surface area contributed by atoms with Crippen LogP contribution in [0.15, 0.2) is 48.5 Å². The van der Waals surface area contributed by atoms with Gasteiger partial charge in [0, 0.05) is 36.1 Å². The smallest absolute Gasteiger partial charge is 0.255 e. The van der Waals surface area contributed by atoms with E-state index in [0.29, 0.717) is 10.6 Å². The minimum Gasteiger partial charge on any atom is -0.378 e. The third-order valence-electron chi connectivity index (χ3n) is 2.71. The summed E-state index contributed by atoms with van der Waals surface area (Å²) in [5.41, 5.74) is 2.34. The van der Waals surface area contributed by atoms with Crippen molar-refractivity contribution in [2.24, 2.45) is 0 Å². The highest BCUT2D eigenvalue weighted by Crippen LogP contribution is 2.18. The fourth-order valence-corrected chi connectivity index (χ4v) is 1.89. The van der Waals surface area contributed by atoms with E-state index in [-0.39, 0.29) is 5.91 Å². The molecular weight excluding hydrogens is 260 g/mol. The summed E-state index contributed by atoms with van der Waals surface area (Å²) in [4.78, 5) is 14.0. The minimum absolute atomic E-state index is 0.168. The molecule has 0 radical (unpaired) electrons. The molecule has 3 nitrogen and oxygen atoms in total. The van der Waals surface area contributed by atoms with E-state index in [9.17, 15) is 4.79 Å². The second-order valence-corrected chi connectivity index (χ2v) is 4.85. The molecule has 0 bridgehead atoms. The molecule has 0 saturated carbocycles. The van der Waals surface area contributed by atoms with Crippen molar-refractivity contribution in [1.82, 2.24) is 0 Å². The van der Waals surface area contributed by atoms with E-state index in [1.54, 1.807) is 24.3 Å². The Hall–Kier alpha value is -2.00. The number of nitrogens with one attached hydrogen (secondary N) is 1. The summed E-state index contributed by atoms with van der Waals surface area (Å²) < 4.78 is 0.